The van der Waals surface area contributed by atoms with Crippen LogP contribution >= 0.6 is 0 Å². The summed E-state index contributed by atoms with van der Waals surface area (Å²) in [5, 5.41) is 210. The Balaban J connectivity index is 1.47. The van der Waals surface area contributed by atoms with E-state index in [1.165, 1.54) is 76.7 Å². The third-order valence-corrected chi connectivity index (χ3v) is 21.3. The fourth-order valence-corrected chi connectivity index (χ4v) is 15.0. The monoisotopic (exact) mass is 1620 g/mol. The summed E-state index contributed by atoms with van der Waals surface area (Å²) in [5.41, 5.74) is 0. The predicted octanol–water partition coefficient (Wildman–Crippen LogP) is -2.16. The molecule has 0 aromatic carbocycles. The number of hydrogen-bond donors (Lipinski definition) is 21. The molecular formula is C75H131N3O34. The van der Waals surface area contributed by atoms with Crippen LogP contribution in [-0.2, 0) is 76.1 Å². The number of amides is 3. The summed E-state index contributed by atoms with van der Waals surface area (Å²) in [6.45, 7) is 0.661. The molecular weight excluding hydrogens is 1490 g/mol. The van der Waals surface area contributed by atoms with Gasteiger partial charge in [0.1, 0.15) is 103 Å². The Morgan fingerprint density at radius 2 is 0.973 bits per heavy atom. The molecule has 0 bridgehead atoms. The lowest BCUT2D eigenvalue weighted by Crippen LogP contribution is -2.72. The molecule has 0 aromatic heterocycles. The van der Waals surface area contributed by atoms with Crippen molar-refractivity contribution in [1.29, 1.82) is 0 Å². The summed E-state index contributed by atoms with van der Waals surface area (Å²) in [5.74, 6) is -15.9. The maximum Gasteiger partial charge on any atom is 0.364 e. The number of ketones is 1. The van der Waals surface area contributed by atoms with Gasteiger partial charge in [-0.2, -0.15) is 0 Å². The molecule has 650 valence electrons. The van der Waals surface area contributed by atoms with E-state index in [1.54, 1.807) is 6.08 Å². The number of hydrogen-bond acceptors (Lipinski definition) is 32. The Kier molecular flexibility index (Phi) is 43.7. The fourth-order valence-electron chi connectivity index (χ4n) is 15.0. The lowest BCUT2D eigenvalue weighted by molar-refractivity contribution is -0.404. The number of allylic oxidation sites excluding steroid dienone is 1. The zero-order valence-corrected chi connectivity index (χ0v) is 65.2. The molecule has 5 aliphatic rings. The van der Waals surface area contributed by atoms with E-state index in [9.17, 15) is 121 Å². The van der Waals surface area contributed by atoms with E-state index in [1.807, 2.05) is 0 Å². The van der Waals surface area contributed by atoms with Crippen molar-refractivity contribution in [2.24, 2.45) is 5.92 Å². The number of carbonyl (C=O) groups excluding carboxylic acids is 4. The van der Waals surface area contributed by atoms with Crippen molar-refractivity contribution in [2.45, 2.75) is 379 Å². The third-order valence-electron chi connectivity index (χ3n) is 21.3. The number of nitrogens with one attached hydrogen (secondary N) is 3. The maximum atomic E-state index is 14.2. The van der Waals surface area contributed by atoms with E-state index in [0.717, 1.165) is 85.0 Å². The minimum absolute atomic E-state index is 0.114. The van der Waals surface area contributed by atoms with E-state index in [2.05, 4.69) is 29.8 Å². The average Bonchev–Trinajstić information content (AvgIpc) is 0.750. The van der Waals surface area contributed by atoms with Crippen LogP contribution in [0.5, 0.6) is 0 Å². The standard InChI is InChI=1S/C75H131N3O34/c1-6-8-10-12-14-16-18-19-21-22-24-26-28-30-46(87)45(78-54(91)31-29-27-25-23-20-17-15-13-11-9-7-2)40-103-70-62(97)61(96)64(52(38-82)105-70)107-71-63(98)68(65(53(39-83)106-71)108-69-44(32-41(3)84)57(92)59(94)50(36-80)104-69)112-75(73(101)102)34-48(89)56(77-43(5)86)67(111-75)60(95)51(37-81)109-74(72(99)100)33-47(88)55(76-42(4)85)66(110-74)58(93)49(90)35-79/h28,30,44-53,55-71,79-83,87-90,92-98H,6-27,29,31-40H2,1-5H3,(H,76,85)(H,77,86)(H,78,91)(H,99,100)(H,101,102)/b30-28-/t44-,45+,46-,47+,48+,49-,50-,51-,52-,53-,55-,56-,57-,58-,59+,60-,61-,62-,63-,64-,65+,66?,67?,68-,69+,70-,71+,74-,75+/m1/s1. The summed E-state index contributed by atoms with van der Waals surface area (Å²) in [4.78, 5) is 79.0. The lowest BCUT2D eigenvalue weighted by atomic mass is 9.86. The quantitative estimate of drug-likeness (QED) is 0.0228. The Hall–Kier alpha value is -4.28. The number of aliphatic hydroxyl groups is 16. The second kappa shape index (κ2) is 49.8. The van der Waals surface area contributed by atoms with Gasteiger partial charge in [0.2, 0.25) is 17.7 Å². The minimum Gasteiger partial charge on any atom is -0.477 e. The van der Waals surface area contributed by atoms with Crippen LogP contribution in [0.3, 0.4) is 0 Å². The van der Waals surface area contributed by atoms with Crippen LogP contribution in [0.25, 0.3) is 0 Å². The largest absolute Gasteiger partial charge is 0.477 e. The van der Waals surface area contributed by atoms with Crippen LogP contribution in [0.2, 0.25) is 0 Å². The maximum absolute atomic E-state index is 14.2. The Labute approximate surface area is 653 Å². The van der Waals surface area contributed by atoms with E-state index in [0.29, 0.717) is 12.8 Å². The van der Waals surface area contributed by atoms with Crippen molar-refractivity contribution in [3.63, 3.8) is 0 Å². The zero-order valence-electron chi connectivity index (χ0n) is 65.2. The second-order valence-corrected chi connectivity index (χ2v) is 30.4. The number of Topliss-reactive ketones (excluding diaryl/α,β-unsaturated/α-hetero) is 1. The molecule has 21 N–H and O–H groups in total. The molecule has 0 radical (unpaired) electrons. The van der Waals surface area contributed by atoms with Gasteiger partial charge in [0, 0.05) is 45.4 Å². The Morgan fingerprint density at radius 3 is 1.46 bits per heavy atom. The van der Waals surface area contributed by atoms with Gasteiger partial charge in [-0.15, -0.1) is 0 Å². The second-order valence-electron chi connectivity index (χ2n) is 30.4. The molecule has 112 heavy (non-hydrogen) atoms. The lowest BCUT2D eigenvalue weighted by Gasteiger charge is -2.52. The number of aliphatic carboxylic acids is 2. The molecule has 5 saturated heterocycles. The van der Waals surface area contributed by atoms with E-state index >= 15 is 0 Å². The highest BCUT2D eigenvalue weighted by molar-refractivity contribution is 5.78. The highest BCUT2D eigenvalue weighted by Gasteiger charge is 2.64. The zero-order chi connectivity index (χ0) is 83.0. The molecule has 29 atom stereocenters. The van der Waals surface area contributed by atoms with Gasteiger partial charge in [0.05, 0.1) is 82.2 Å². The van der Waals surface area contributed by atoms with Crippen LogP contribution in [0.4, 0.5) is 0 Å². The first-order valence-corrected chi connectivity index (χ1v) is 39.9. The molecule has 5 aliphatic heterocycles. The Bertz CT molecular complexity index is 2780. The number of unbranched alkanes of at least 4 members (excludes halogenated alkanes) is 21. The van der Waals surface area contributed by atoms with Gasteiger partial charge < -0.3 is 160 Å². The molecule has 37 nitrogen and oxygen atoms in total. The SMILES string of the molecule is CCCCCCCCCCCCC/C=C\[C@@H](O)[C@H](CO[C@@H]1O[C@H](CO)[C@@H](O[C@@H]2O[C@H](CO)[C@H](O[C@@H]3O[C@H](CO)[C@H](O)[C@H](O)[C@H]3CC(C)=O)[C@H](O[C@]3(C(=O)O)C[C@H](O)[C@@H](NC(C)=O)C([C@H](O)[C@@H](CO)O[C@]4(C(=O)O)C[C@H](O)[C@@H](NC(C)=O)C([C@H](O)[C@H](O)CO)O4)O3)[C@H]2O)[C@H](O)[C@H]1O)NC(=O)CCCCCCCCCCCCC. The first kappa shape index (κ1) is 98.3. The number of aliphatic hydroxyl groups excluding tert-OH is 16. The van der Waals surface area contributed by atoms with Gasteiger partial charge in [-0.05, 0) is 26.2 Å². The van der Waals surface area contributed by atoms with Gasteiger partial charge in [0.15, 0.2) is 18.9 Å². The predicted molar refractivity (Wildman–Crippen MR) is 390 cm³/mol. The molecule has 37 heteroatoms. The van der Waals surface area contributed by atoms with Crippen molar-refractivity contribution in [1.82, 2.24) is 16.0 Å². The molecule has 2 unspecified atom stereocenters. The molecule has 0 aliphatic carbocycles. The molecule has 0 spiro atoms. The third kappa shape index (κ3) is 28.8. The first-order chi connectivity index (χ1) is 53.3. The highest BCUT2D eigenvalue weighted by atomic mass is 16.8. The summed E-state index contributed by atoms with van der Waals surface area (Å²) >= 11 is 0. The minimum atomic E-state index is -3.57. The highest BCUT2D eigenvalue weighted by Crippen LogP contribution is 2.43. The van der Waals surface area contributed by atoms with Crippen molar-refractivity contribution >= 4 is 35.4 Å². The van der Waals surface area contributed by atoms with Gasteiger partial charge in [-0.25, -0.2) is 9.59 Å². The summed E-state index contributed by atoms with van der Waals surface area (Å²) in [6.07, 6.45) is -24.8. The fraction of sp³-hybridized carbons (Fsp3) is 0.893. The van der Waals surface area contributed by atoms with Crippen LogP contribution < -0.4 is 16.0 Å². The molecule has 3 amide bonds. The molecule has 5 rings (SSSR count). The molecule has 5 heterocycles. The normalized spacial score (nSPS) is 34.1. The number of rotatable bonds is 53. The molecule has 5 fully saturated rings. The number of carboxylic acids is 2. The summed E-state index contributed by atoms with van der Waals surface area (Å²) < 4.78 is 60.0. The van der Waals surface area contributed by atoms with E-state index in [-0.39, 0.29) is 6.42 Å². The smallest absolute Gasteiger partial charge is 0.364 e. The van der Waals surface area contributed by atoms with Crippen molar-refractivity contribution < 1.29 is 168 Å². The number of ether oxygens (including phenoxy) is 10. The van der Waals surface area contributed by atoms with E-state index < -0.39 is 271 Å². The Morgan fingerprint density at radius 1 is 0.509 bits per heavy atom. The van der Waals surface area contributed by atoms with Crippen LogP contribution in [-0.4, -0.2) is 338 Å². The van der Waals surface area contributed by atoms with Gasteiger partial charge >= 0.3 is 11.9 Å². The van der Waals surface area contributed by atoms with Gasteiger partial charge in [0.25, 0.3) is 11.6 Å². The number of carbonyl (C=O) groups is 6. The van der Waals surface area contributed by atoms with Crippen molar-refractivity contribution in [2.75, 3.05) is 39.6 Å². The van der Waals surface area contributed by atoms with Crippen LogP contribution in [0.1, 0.15) is 208 Å². The summed E-state index contributed by atoms with van der Waals surface area (Å²) in [7, 11) is 0. The number of carboxylic acid groups (broad SMARTS) is 2. The van der Waals surface area contributed by atoms with E-state index in [4.69, 9.17) is 47.4 Å². The molecule has 0 saturated carbocycles. The molecule has 0 aromatic rings. The average molecular weight is 1620 g/mol. The van der Waals surface area contributed by atoms with Crippen LogP contribution in [0, 0.1) is 5.92 Å². The first-order valence-electron chi connectivity index (χ1n) is 39.9. The van der Waals surface area contributed by atoms with Gasteiger partial charge in [-0.3, -0.25) is 14.4 Å². The van der Waals surface area contributed by atoms with Crippen molar-refractivity contribution in [3.8, 4) is 0 Å². The van der Waals surface area contributed by atoms with Crippen molar-refractivity contribution in [3.05, 3.63) is 12.2 Å². The summed E-state index contributed by atoms with van der Waals surface area (Å²) in [6, 6.07) is -4.95. The topological polar surface area (TPSA) is 595 Å². The van der Waals surface area contributed by atoms with Crippen LogP contribution in [0.15, 0.2) is 12.2 Å². The van der Waals surface area contributed by atoms with Gasteiger partial charge in [-0.1, -0.05) is 154 Å².